The van der Waals surface area contributed by atoms with Crippen LogP contribution >= 0.6 is 12.4 Å². The van der Waals surface area contributed by atoms with Crippen molar-refractivity contribution in [3.63, 3.8) is 0 Å². The van der Waals surface area contributed by atoms with Crippen LogP contribution in [0.25, 0.3) is 0 Å². The summed E-state index contributed by atoms with van der Waals surface area (Å²) < 4.78 is 0. The zero-order valence-corrected chi connectivity index (χ0v) is 13.3. The Balaban J connectivity index is 0.00000324. The molecule has 3 N–H and O–H groups in total. The molecule has 1 heterocycles. The van der Waals surface area contributed by atoms with Crippen molar-refractivity contribution in [2.75, 3.05) is 26.2 Å². The van der Waals surface area contributed by atoms with E-state index in [1.54, 1.807) is 0 Å². The summed E-state index contributed by atoms with van der Waals surface area (Å²) in [5, 5.41) is 2.99. The van der Waals surface area contributed by atoms with Crippen molar-refractivity contribution < 1.29 is 4.79 Å². The zero-order valence-electron chi connectivity index (χ0n) is 12.5. The average molecular weight is 292 g/mol. The highest BCUT2D eigenvalue weighted by Gasteiger charge is 2.23. The van der Waals surface area contributed by atoms with Crippen LogP contribution in [0.2, 0.25) is 0 Å². The Labute approximate surface area is 123 Å². The normalized spacial score (nSPS) is 21.2. The molecule has 0 aliphatic carbocycles. The van der Waals surface area contributed by atoms with Crippen LogP contribution in [0.4, 0.5) is 0 Å². The molecule has 1 fully saturated rings. The summed E-state index contributed by atoms with van der Waals surface area (Å²) in [6, 6.07) is -0.330. The van der Waals surface area contributed by atoms with Gasteiger partial charge in [0, 0.05) is 19.6 Å². The maximum absolute atomic E-state index is 11.7. The van der Waals surface area contributed by atoms with E-state index < -0.39 is 0 Å². The topological polar surface area (TPSA) is 58.4 Å². The molecule has 0 bridgehead atoms. The first kappa shape index (κ1) is 18.7. The molecule has 4 nitrogen and oxygen atoms in total. The monoisotopic (exact) mass is 291 g/mol. The van der Waals surface area contributed by atoms with Crippen molar-refractivity contribution in [1.29, 1.82) is 0 Å². The Morgan fingerprint density at radius 1 is 1.47 bits per heavy atom. The van der Waals surface area contributed by atoms with Crippen molar-refractivity contribution in [2.45, 2.75) is 46.1 Å². The highest BCUT2D eigenvalue weighted by Crippen LogP contribution is 2.16. The molecular weight excluding hydrogens is 262 g/mol. The van der Waals surface area contributed by atoms with Gasteiger partial charge in [-0.25, -0.2) is 0 Å². The molecule has 1 rings (SSSR count). The van der Waals surface area contributed by atoms with Crippen LogP contribution in [0.3, 0.4) is 0 Å². The van der Waals surface area contributed by atoms with E-state index in [0.717, 1.165) is 31.8 Å². The predicted molar refractivity (Wildman–Crippen MR) is 82.5 cm³/mol. The molecular formula is C14H30ClN3O. The van der Waals surface area contributed by atoms with Gasteiger partial charge in [-0.15, -0.1) is 12.4 Å². The average Bonchev–Trinajstić information content (AvgIpc) is 2.73. The van der Waals surface area contributed by atoms with Crippen molar-refractivity contribution in [2.24, 2.45) is 17.6 Å². The summed E-state index contributed by atoms with van der Waals surface area (Å²) in [4.78, 5) is 14.2. The zero-order chi connectivity index (χ0) is 13.5. The Bertz CT molecular complexity index is 261. The minimum absolute atomic E-state index is 0. The van der Waals surface area contributed by atoms with Gasteiger partial charge in [0.2, 0.25) is 5.91 Å². The van der Waals surface area contributed by atoms with Gasteiger partial charge in [-0.2, -0.15) is 0 Å². The molecule has 0 aromatic carbocycles. The van der Waals surface area contributed by atoms with E-state index in [1.807, 2.05) is 6.92 Å². The van der Waals surface area contributed by atoms with Gasteiger partial charge in [-0.1, -0.05) is 27.2 Å². The van der Waals surface area contributed by atoms with Crippen molar-refractivity contribution in [3.05, 3.63) is 0 Å². The number of amides is 1. The first-order valence-corrected chi connectivity index (χ1v) is 7.28. The van der Waals surface area contributed by atoms with Crippen LogP contribution < -0.4 is 11.1 Å². The molecule has 5 heteroatoms. The number of nitrogens with zero attached hydrogens (tertiary/aromatic N) is 1. The lowest BCUT2D eigenvalue weighted by molar-refractivity contribution is -0.122. The van der Waals surface area contributed by atoms with Gasteiger partial charge in [0.15, 0.2) is 0 Å². The minimum Gasteiger partial charge on any atom is -0.354 e. The second-order valence-corrected chi connectivity index (χ2v) is 5.95. The lowest BCUT2D eigenvalue weighted by Gasteiger charge is -2.18. The van der Waals surface area contributed by atoms with E-state index >= 15 is 0 Å². The first-order chi connectivity index (χ1) is 8.52. The number of nitrogens with one attached hydrogen (secondary N) is 1. The lowest BCUT2D eigenvalue weighted by atomic mass is 10.1. The standard InChI is InChI=1S/C14H29N3O.ClH/c1-4-5-13(15)14(18)16-8-12-6-7-17(10-12)9-11(2)3;/h11-13H,4-10,15H2,1-3H3,(H,16,18);1H. The van der Waals surface area contributed by atoms with E-state index in [9.17, 15) is 4.79 Å². The van der Waals surface area contributed by atoms with Gasteiger partial charge in [0.05, 0.1) is 6.04 Å². The molecule has 0 aromatic rings. The largest absolute Gasteiger partial charge is 0.354 e. The quantitative estimate of drug-likeness (QED) is 0.749. The third-order valence-electron chi connectivity index (χ3n) is 3.49. The van der Waals surface area contributed by atoms with E-state index in [-0.39, 0.29) is 24.4 Å². The lowest BCUT2D eigenvalue weighted by Crippen LogP contribution is -2.42. The summed E-state index contributed by atoms with van der Waals surface area (Å²) in [5.74, 6) is 1.33. The molecule has 0 aromatic heterocycles. The van der Waals surface area contributed by atoms with Gasteiger partial charge in [0.1, 0.15) is 0 Å². The van der Waals surface area contributed by atoms with E-state index in [0.29, 0.717) is 5.92 Å². The molecule has 1 aliphatic rings. The maximum atomic E-state index is 11.7. The number of hydrogen-bond donors (Lipinski definition) is 2. The van der Waals surface area contributed by atoms with Gasteiger partial charge in [0.25, 0.3) is 0 Å². The number of carbonyl (C=O) groups is 1. The molecule has 0 radical (unpaired) electrons. The summed E-state index contributed by atoms with van der Waals surface area (Å²) in [7, 11) is 0. The Hall–Kier alpha value is -0.320. The molecule has 0 saturated carbocycles. The van der Waals surface area contributed by atoms with Crippen LogP contribution in [0.15, 0.2) is 0 Å². The number of rotatable bonds is 7. The molecule has 1 saturated heterocycles. The Morgan fingerprint density at radius 3 is 2.74 bits per heavy atom. The van der Waals surface area contributed by atoms with Gasteiger partial charge in [-0.05, 0) is 31.2 Å². The van der Waals surface area contributed by atoms with E-state index in [2.05, 4.69) is 24.1 Å². The number of carbonyl (C=O) groups excluding carboxylic acids is 1. The van der Waals surface area contributed by atoms with Crippen molar-refractivity contribution in [3.8, 4) is 0 Å². The van der Waals surface area contributed by atoms with Crippen molar-refractivity contribution >= 4 is 18.3 Å². The number of likely N-dealkylation sites (tertiary alicyclic amines) is 1. The maximum Gasteiger partial charge on any atom is 0.236 e. The second kappa shape index (κ2) is 9.56. The number of halogens is 1. The fourth-order valence-electron chi connectivity index (χ4n) is 2.58. The minimum atomic E-state index is -0.330. The predicted octanol–water partition coefficient (Wildman–Crippen LogP) is 1.63. The fourth-order valence-corrected chi connectivity index (χ4v) is 2.58. The molecule has 2 atom stereocenters. The van der Waals surface area contributed by atoms with E-state index in [4.69, 9.17) is 5.73 Å². The third kappa shape index (κ3) is 7.14. The summed E-state index contributed by atoms with van der Waals surface area (Å²) >= 11 is 0. The van der Waals surface area contributed by atoms with E-state index in [1.165, 1.54) is 19.5 Å². The van der Waals surface area contributed by atoms with Crippen LogP contribution in [0.5, 0.6) is 0 Å². The fraction of sp³-hybridized carbons (Fsp3) is 0.929. The van der Waals surface area contributed by atoms with Crippen LogP contribution in [0, 0.1) is 11.8 Å². The number of hydrogen-bond acceptors (Lipinski definition) is 3. The molecule has 1 amide bonds. The molecule has 114 valence electrons. The third-order valence-corrected chi connectivity index (χ3v) is 3.49. The SMILES string of the molecule is CCCC(N)C(=O)NCC1CCN(CC(C)C)C1.Cl. The molecule has 2 unspecified atom stereocenters. The molecule has 1 aliphatic heterocycles. The number of nitrogens with two attached hydrogens (primary N) is 1. The summed E-state index contributed by atoms with van der Waals surface area (Å²) in [6.07, 6.45) is 2.92. The van der Waals surface area contributed by atoms with Crippen LogP contribution in [-0.4, -0.2) is 43.0 Å². The summed E-state index contributed by atoms with van der Waals surface area (Å²) in [5.41, 5.74) is 5.78. The second-order valence-electron chi connectivity index (χ2n) is 5.95. The molecule has 0 spiro atoms. The highest BCUT2D eigenvalue weighted by atomic mass is 35.5. The van der Waals surface area contributed by atoms with Crippen molar-refractivity contribution in [1.82, 2.24) is 10.2 Å². The highest BCUT2D eigenvalue weighted by molar-refractivity contribution is 5.85. The molecule has 19 heavy (non-hydrogen) atoms. The Morgan fingerprint density at radius 2 is 2.16 bits per heavy atom. The Kier molecular flexibility index (Phi) is 9.40. The summed E-state index contributed by atoms with van der Waals surface area (Å²) in [6.45, 7) is 10.8. The smallest absolute Gasteiger partial charge is 0.236 e. The van der Waals surface area contributed by atoms with Crippen LogP contribution in [-0.2, 0) is 4.79 Å². The van der Waals surface area contributed by atoms with Gasteiger partial charge >= 0.3 is 0 Å². The van der Waals surface area contributed by atoms with Gasteiger partial charge < -0.3 is 16.0 Å². The van der Waals surface area contributed by atoms with Gasteiger partial charge in [-0.3, -0.25) is 4.79 Å². The van der Waals surface area contributed by atoms with Crippen LogP contribution in [0.1, 0.15) is 40.0 Å². The first-order valence-electron chi connectivity index (χ1n) is 7.28.